The molecule has 0 saturated heterocycles. The molecule has 2 aromatic heterocycles. The Labute approximate surface area is 141 Å². The van der Waals surface area contributed by atoms with E-state index in [4.69, 9.17) is 4.42 Å². The zero-order valence-electron chi connectivity index (χ0n) is 13.3. The van der Waals surface area contributed by atoms with Crippen molar-refractivity contribution >= 4 is 29.1 Å². The summed E-state index contributed by atoms with van der Waals surface area (Å²) in [6, 6.07) is 8.45. The van der Waals surface area contributed by atoms with Gasteiger partial charge in [0.25, 0.3) is 11.8 Å². The Kier molecular flexibility index (Phi) is 3.35. The van der Waals surface area contributed by atoms with Gasteiger partial charge in [0.05, 0.1) is 11.1 Å². The van der Waals surface area contributed by atoms with E-state index >= 15 is 0 Å². The summed E-state index contributed by atoms with van der Waals surface area (Å²) < 4.78 is 6.41. The number of aryl methyl sites for hydroxylation is 1. The predicted molar refractivity (Wildman–Crippen MR) is 90.1 cm³/mol. The summed E-state index contributed by atoms with van der Waals surface area (Å²) in [5.74, 6) is -1.07. The summed E-state index contributed by atoms with van der Waals surface area (Å²) in [5, 5.41) is 0. The lowest BCUT2D eigenvalue weighted by Crippen LogP contribution is -2.29. The third kappa shape index (κ3) is 2.37. The van der Waals surface area contributed by atoms with E-state index in [1.165, 1.54) is 9.47 Å². The minimum Gasteiger partial charge on any atom is -0.406 e. The van der Waals surface area contributed by atoms with Crippen LogP contribution in [0.4, 0.5) is 0 Å². The summed E-state index contributed by atoms with van der Waals surface area (Å²) in [6.07, 6.45) is 5.02. The van der Waals surface area contributed by atoms with Crippen LogP contribution in [0, 0.1) is 0 Å². The van der Waals surface area contributed by atoms with Gasteiger partial charge >= 0.3 is 5.76 Å². The van der Waals surface area contributed by atoms with Gasteiger partial charge in [-0.25, -0.2) is 9.78 Å². The topological polar surface area (TPSA) is 85.4 Å². The second-order valence-corrected chi connectivity index (χ2v) is 5.69. The first-order valence-electron chi connectivity index (χ1n) is 7.63. The lowest BCUT2D eigenvalue weighted by molar-refractivity contribution is 0.0672. The number of oxazole rings is 1. The molecule has 0 aliphatic carbocycles. The van der Waals surface area contributed by atoms with E-state index in [-0.39, 0.29) is 18.4 Å². The zero-order valence-corrected chi connectivity index (χ0v) is 13.3. The van der Waals surface area contributed by atoms with Gasteiger partial charge in [0.15, 0.2) is 11.2 Å². The van der Waals surface area contributed by atoms with Crippen LogP contribution in [0.5, 0.6) is 0 Å². The van der Waals surface area contributed by atoms with Crippen molar-refractivity contribution < 1.29 is 14.0 Å². The highest BCUT2D eigenvalue weighted by Crippen LogP contribution is 2.22. The lowest BCUT2D eigenvalue weighted by Gasteiger charge is -2.10. The van der Waals surface area contributed by atoms with Crippen molar-refractivity contribution in [3.63, 3.8) is 0 Å². The quantitative estimate of drug-likeness (QED) is 0.682. The summed E-state index contributed by atoms with van der Waals surface area (Å²) in [5.41, 5.74) is 2.40. The second-order valence-electron chi connectivity index (χ2n) is 5.69. The SMILES string of the molecule is Cn1c(=O)oc2cc(/C=C/CN3C(=O)c4ccccc4C3=O)cnc21. The minimum atomic E-state index is -0.477. The van der Waals surface area contributed by atoms with Crippen LogP contribution >= 0.6 is 0 Å². The van der Waals surface area contributed by atoms with Crippen molar-refractivity contribution in [3.05, 3.63) is 69.8 Å². The number of fused-ring (bicyclic) bond motifs is 2. The Morgan fingerprint density at radius 2 is 1.80 bits per heavy atom. The lowest BCUT2D eigenvalue weighted by atomic mass is 10.1. The molecule has 2 amide bonds. The van der Waals surface area contributed by atoms with E-state index in [0.29, 0.717) is 27.9 Å². The highest BCUT2D eigenvalue weighted by Gasteiger charge is 2.34. The molecule has 0 atom stereocenters. The maximum absolute atomic E-state index is 12.3. The monoisotopic (exact) mass is 335 g/mol. The number of hydrogen-bond acceptors (Lipinski definition) is 5. The average molecular weight is 335 g/mol. The highest BCUT2D eigenvalue weighted by molar-refractivity contribution is 6.21. The largest absolute Gasteiger partial charge is 0.420 e. The molecule has 1 aromatic carbocycles. The molecule has 0 spiro atoms. The van der Waals surface area contributed by atoms with Crippen LogP contribution in [0.25, 0.3) is 17.3 Å². The van der Waals surface area contributed by atoms with E-state index in [1.54, 1.807) is 55.7 Å². The molecule has 0 saturated carbocycles. The van der Waals surface area contributed by atoms with E-state index in [2.05, 4.69) is 4.98 Å². The number of carbonyl (C=O) groups excluding carboxylic acids is 2. The van der Waals surface area contributed by atoms with E-state index in [1.807, 2.05) is 0 Å². The van der Waals surface area contributed by atoms with Gasteiger partial charge in [0.2, 0.25) is 0 Å². The molecule has 7 heteroatoms. The van der Waals surface area contributed by atoms with Crippen LogP contribution in [-0.2, 0) is 7.05 Å². The van der Waals surface area contributed by atoms with Gasteiger partial charge in [-0.1, -0.05) is 24.3 Å². The van der Waals surface area contributed by atoms with Crippen molar-refractivity contribution in [1.29, 1.82) is 0 Å². The molecule has 0 N–H and O–H groups in total. The number of amides is 2. The average Bonchev–Trinajstić information content (AvgIpc) is 3.03. The maximum Gasteiger partial charge on any atom is 0.420 e. The Bertz CT molecular complexity index is 1070. The van der Waals surface area contributed by atoms with Crippen LogP contribution in [0.15, 0.2) is 51.8 Å². The number of nitrogens with zero attached hydrogens (tertiary/aromatic N) is 3. The number of aromatic nitrogens is 2. The van der Waals surface area contributed by atoms with Gasteiger partial charge < -0.3 is 4.42 Å². The van der Waals surface area contributed by atoms with Crippen molar-refractivity contribution in [2.24, 2.45) is 7.05 Å². The zero-order chi connectivity index (χ0) is 17.6. The van der Waals surface area contributed by atoms with E-state index in [0.717, 1.165) is 0 Å². The Morgan fingerprint density at radius 1 is 1.12 bits per heavy atom. The van der Waals surface area contributed by atoms with Gasteiger partial charge in [0, 0.05) is 19.8 Å². The van der Waals surface area contributed by atoms with Crippen LogP contribution in [-0.4, -0.2) is 32.8 Å². The standard InChI is InChI=1S/C18H13N3O4/c1-20-15-14(25-18(20)24)9-11(10-19-15)5-4-8-21-16(22)12-6-2-3-7-13(12)17(21)23/h2-7,9-10H,8H2,1H3/b5-4+. The van der Waals surface area contributed by atoms with Crippen molar-refractivity contribution in [1.82, 2.24) is 14.5 Å². The van der Waals surface area contributed by atoms with Crippen LogP contribution in [0.2, 0.25) is 0 Å². The van der Waals surface area contributed by atoms with Gasteiger partial charge in [-0.15, -0.1) is 0 Å². The molecule has 3 heterocycles. The molecule has 0 radical (unpaired) electrons. The number of hydrogen-bond donors (Lipinski definition) is 0. The molecule has 3 aromatic rings. The number of imide groups is 1. The Hall–Kier alpha value is -3.48. The molecule has 25 heavy (non-hydrogen) atoms. The van der Waals surface area contributed by atoms with Crippen LogP contribution in [0.1, 0.15) is 26.3 Å². The predicted octanol–water partition coefficient (Wildman–Crippen LogP) is 1.84. The van der Waals surface area contributed by atoms with Gasteiger partial charge in [-0.2, -0.15) is 0 Å². The van der Waals surface area contributed by atoms with Crippen molar-refractivity contribution in [2.75, 3.05) is 6.54 Å². The first kappa shape index (κ1) is 15.1. The normalized spacial score (nSPS) is 14.0. The summed E-state index contributed by atoms with van der Waals surface area (Å²) >= 11 is 0. The third-order valence-electron chi connectivity index (χ3n) is 4.12. The molecule has 0 bridgehead atoms. The molecular formula is C18H13N3O4. The van der Waals surface area contributed by atoms with Crippen molar-refractivity contribution in [2.45, 2.75) is 0 Å². The highest BCUT2D eigenvalue weighted by atomic mass is 16.4. The summed E-state index contributed by atoms with van der Waals surface area (Å²) in [4.78, 5) is 41.4. The number of rotatable bonds is 3. The minimum absolute atomic E-state index is 0.156. The second kappa shape index (κ2) is 5.55. The van der Waals surface area contributed by atoms with Gasteiger partial charge in [0.1, 0.15) is 0 Å². The fourth-order valence-corrected chi connectivity index (χ4v) is 2.82. The van der Waals surface area contributed by atoms with Crippen LogP contribution < -0.4 is 5.76 Å². The van der Waals surface area contributed by atoms with Gasteiger partial charge in [-0.3, -0.25) is 19.1 Å². The number of benzene rings is 1. The number of pyridine rings is 1. The molecule has 4 rings (SSSR count). The van der Waals surface area contributed by atoms with E-state index in [9.17, 15) is 14.4 Å². The fourth-order valence-electron chi connectivity index (χ4n) is 2.82. The molecule has 124 valence electrons. The fraction of sp³-hybridized carbons (Fsp3) is 0.111. The van der Waals surface area contributed by atoms with Gasteiger partial charge in [-0.05, 0) is 23.8 Å². The first-order chi connectivity index (χ1) is 12.1. The molecule has 7 nitrogen and oxygen atoms in total. The summed E-state index contributed by atoms with van der Waals surface area (Å²) in [6.45, 7) is 0.156. The van der Waals surface area contributed by atoms with E-state index < -0.39 is 5.76 Å². The Balaban J connectivity index is 1.55. The third-order valence-corrected chi connectivity index (χ3v) is 4.12. The van der Waals surface area contributed by atoms with Crippen LogP contribution in [0.3, 0.4) is 0 Å². The molecule has 1 aliphatic rings. The first-order valence-corrected chi connectivity index (χ1v) is 7.63. The maximum atomic E-state index is 12.3. The number of carbonyl (C=O) groups is 2. The molecule has 1 aliphatic heterocycles. The smallest absolute Gasteiger partial charge is 0.406 e. The summed E-state index contributed by atoms with van der Waals surface area (Å²) in [7, 11) is 1.58. The molecular weight excluding hydrogens is 322 g/mol. The van der Waals surface area contributed by atoms with Crippen molar-refractivity contribution in [3.8, 4) is 0 Å². The Morgan fingerprint density at radius 3 is 2.48 bits per heavy atom. The molecule has 0 unspecified atom stereocenters. The molecule has 0 fully saturated rings.